The number of rotatable bonds is 6. The number of fused-ring (bicyclic) bond motifs is 3. The third kappa shape index (κ3) is 3.61. The molecule has 0 bridgehead atoms. The van der Waals surface area contributed by atoms with Gasteiger partial charge in [-0.2, -0.15) is 0 Å². The molecule has 2 saturated carbocycles. The summed E-state index contributed by atoms with van der Waals surface area (Å²) in [5, 5.41) is 14.8. The van der Waals surface area contributed by atoms with Crippen molar-refractivity contribution in [3.05, 3.63) is 59.7 Å². The lowest BCUT2D eigenvalue weighted by molar-refractivity contribution is -0.143. The van der Waals surface area contributed by atoms with Crippen molar-refractivity contribution in [3.63, 3.8) is 0 Å². The van der Waals surface area contributed by atoms with Crippen LogP contribution in [0.3, 0.4) is 0 Å². The molecule has 2 aromatic carbocycles. The van der Waals surface area contributed by atoms with Crippen LogP contribution < -0.4 is 10.6 Å². The summed E-state index contributed by atoms with van der Waals surface area (Å²) in [6, 6.07) is 15.9. The fraction of sp³-hybridized carbons (Fsp3) is 0.400. The van der Waals surface area contributed by atoms with Gasteiger partial charge in [0.25, 0.3) is 0 Å². The molecule has 0 aromatic heterocycles. The number of benzene rings is 2. The number of carboxylic acid groups (broad SMARTS) is 1. The van der Waals surface area contributed by atoms with Gasteiger partial charge in [-0.05, 0) is 47.9 Å². The van der Waals surface area contributed by atoms with Gasteiger partial charge in [-0.25, -0.2) is 9.59 Å². The van der Waals surface area contributed by atoms with E-state index < -0.39 is 23.5 Å². The van der Waals surface area contributed by atoms with Gasteiger partial charge in [0, 0.05) is 12.0 Å². The third-order valence-corrected chi connectivity index (χ3v) is 7.02. The molecule has 2 unspecified atom stereocenters. The van der Waals surface area contributed by atoms with Gasteiger partial charge in [-0.15, -0.1) is 0 Å². The van der Waals surface area contributed by atoms with Crippen LogP contribution in [-0.4, -0.2) is 41.3 Å². The van der Waals surface area contributed by atoms with Gasteiger partial charge >= 0.3 is 12.1 Å². The SMILES string of the molecule is O=C(NC1CCCC1C(=O)NC1(C(=O)O)CC1)OCC1c2ccccc2-c2ccccc21. The second-order valence-electron chi connectivity index (χ2n) is 8.99. The standard InChI is InChI=1S/C25H26N2O5/c28-22(27-25(12-13-25)23(29)30)19-10-5-11-21(19)26-24(31)32-14-20-17-8-3-1-6-15(17)16-7-2-4-9-18(16)20/h1-4,6-9,19-21H,5,10-14H2,(H,26,31)(H,27,28)(H,29,30). The summed E-state index contributed by atoms with van der Waals surface area (Å²) in [6.07, 6.45) is 2.44. The van der Waals surface area contributed by atoms with E-state index in [2.05, 4.69) is 34.9 Å². The number of nitrogens with one attached hydrogen (secondary N) is 2. The van der Waals surface area contributed by atoms with Crippen molar-refractivity contribution < 1.29 is 24.2 Å². The van der Waals surface area contributed by atoms with Gasteiger partial charge in [0.1, 0.15) is 12.1 Å². The molecule has 0 radical (unpaired) electrons. The number of aliphatic carboxylic acids is 1. The van der Waals surface area contributed by atoms with Crippen LogP contribution in [0.4, 0.5) is 4.79 Å². The molecule has 2 amide bonds. The Bertz CT molecular complexity index is 1030. The van der Waals surface area contributed by atoms with Crippen LogP contribution in [0.5, 0.6) is 0 Å². The predicted octanol–water partition coefficient (Wildman–Crippen LogP) is 3.43. The highest BCUT2D eigenvalue weighted by molar-refractivity contribution is 5.91. The number of alkyl carbamates (subject to hydrolysis) is 1. The Morgan fingerprint density at radius 2 is 1.59 bits per heavy atom. The Hall–Kier alpha value is -3.35. The minimum Gasteiger partial charge on any atom is -0.480 e. The molecule has 0 heterocycles. The number of hydrogen-bond acceptors (Lipinski definition) is 4. The van der Waals surface area contributed by atoms with Gasteiger partial charge in [0.2, 0.25) is 5.91 Å². The summed E-state index contributed by atoms with van der Waals surface area (Å²) in [5.41, 5.74) is 3.49. The normalized spacial score (nSPS) is 22.5. The van der Waals surface area contributed by atoms with E-state index in [1.54, 1.807) is 0 Å². The molecule has 7 nitrogen and oxygen atoms in total. The number of carbonyl (C=O) groups is 3. The van der Waals surface area contributed by atoms with Crippen LogP contribution in [0.25, 0.3) is 11.1 Å². The molecule has 0 saturated heterocycles. The molecule has 32 heavy (non-hydrogen) atoms. The Balaban J connectivity index is 1.21. The van der Waals surface area contributed by atoms with E-state index in [1.165, 1.54) is 0 Å². The fourth-order valence-electron chi connectivity index (χ4n) is 5.08. The van der Waals surface area contributed by atoms with Gasteiger partial charge in [-0.1, -0.05) is 55.0 Å². The lowest BCUT2D eigenvalue weighted by Gasteiger charge is -2.23. The predicted molar refractivity (Wildman–Crippen MR) is 117 cm³/mol. The molecule has 3 N–H and O–H groups in total. The molecule has 5 rings (SSSR count). The van der Waals surface area contributed by atoms with Crippen LogP contribution in [0.1, 0.15) is 49.1 Å². The van der Waals surface area contributed by atoms with E-state index in [0.29, 0.717) is 25.7 Å². The minimum atomic E-state index is -1.12. The molecule has 2 aromatic rings. The van der Waals surface area contributed by atoms with E-state index in [4.69, 9.17) is 4.74 Å². The monoisotopic (exact) mass is 434 g/mol. The van der Waals surface area contributed by atoms with E-state index in [1.807, 2.05) is 24.3 Å². The van der Waals surface area contributed by atoms with Crippen LogP contribution in [-0.2, 0) is 14.3 Å². The molecular formula is C25H26N2O5. The molecule has 0 spiro atoms. The molecule has 2 fully saturated rings. The van der Waals surface area contributed by atoms with E-state index in [9.17, 15) is 19.5 Å². The maximum atomic E-state index is 12.7. The first-order chi connectivity index (χ1) is 15.5. The minimum absolute atomic E-state index is 0.0267. The maximum absolute atomic E-state index is 12.7. The molecule has 7 heteroatoms. The Labute approximate surface area is 186 Å². The average molecular weight is 434 g/mol. The first kappa shape index (κ1) is 20.5. The van der Waals surface area contributed by atoms with Crippen LogP contribution >= 0.6 is 0 Å². The van der Waals surface area contributed by atoms with Crippen molar-refractivity contribution >= 4 is 18.0 Å². The second kappa shape index (κ2) is 7.97. The summed E-state index contributed by atoms with van der Waals surface area (Å²) in [5.74, 6) is -1.76. The van der Waals surface area contributed by atoms with Crippen molar-refractivity contribution in [1.29, 1.82) is 0 Å². The van der Waals surface area contributed by atoms with Crippen LogP contribution in [0.2, 0.25) is 0 Å². The molecule has 166 valence electrons. The van der Waals surface area contributed by atoms with E-state index in [-0.39, 0.29) is 24.5 Å². The zero-order valence-corrected chi connectivity index (χ0v) is 17.7. The molecule has 3 aliphatic rings. The summed E-state index contributed by atoms with van der Waals surface area (Å²) in [6.45, 7) is 0.214. The second-order valence-corrected chi connectivity index (χ2v) is 8.99. The zero-order chi connectivity index (χ0) is 22.3. The third-order valence-electron chi connectivity index (χ3n) is 7.02. The number of carboxylic acids is 1. The molecular weight excluding hydrogens is 408 g/mol. The topological polar surface area (TPSA) is 105 Å². The Morgan fingerprint density at radius 3 is 2.19 bits per heavy atom. The number of amides is 2. The fourth-order valence-corrected chi connectivity index (χ4v) is 5.08. The molecule has 2 atom stereocenters. The highest BCUT2D eigenvalue weighted by Crippen LogP contribution is 2.44. The first-order valence-electron chi connectivity index (χ1n) is 11.2. The van der Waals surface area contributed by atoms with Gasteiger partial charge in [0.05, 0.1) is 5.92 Å². The zero-order valence-electron chi connectivity index (χ0n) is 17.7. The lowest BCUT2D eigenvalue weighted by atomic mass is 9.98. The van der Waals surface area contributed by atoms with Crippen molar-refractivity contribution in [2.45, 2.75) is 49.6 Å². The summed E-state index contributed by atoms with van der Waals surface area (Å²) in [4.78, 5) is 36.6. The number of ether oxygens (including phenoxy) is 1. The maximum Gasteiger partial charge on any atom is 0.407 e. The smallest absolute Gasteiger partial charge is 0.407 e. The van der Waals surface area contributed by atoms with Crippen molar-refractivity contribution in [2.24, 2.45) is 5.92 Å². The Morgan fingerprint density at radius 1 is 0.969 bits per heavy atom. The lowest BCUT2D eigenvalue weighted by Crippen LogP contribution is -2.50. The van der Waals surface area contributed by atoms with Crippen LogP contribution in [0, 0.1) is 5.92 Å². The number of hydrogen-bond donors (Lipinski definition) is 3. The summed E-state index contributed by atoms with van der Waals surface area (Å²) < 4.78 is 5.61. The average Bonchev–Trinajstić information content (AvgIpc) is 3.31. The highest BCUT2D eigenvalue weighted by Gasteiger charge is 2.53. The van der Waals surface area contributed by atoms with Crippen LogP contribution in [0.15, 0.2) is 48.5 Å². The first-order valence-corrected chi connectivity index (χ1v) is 11.2. The highest BCUT2D eigenvalue weighted by atomic mass is 16.5. The summed E-state index contributed by atoms with van der Waals surface area (Å²) in [7, 11) is 0. The van der Waals surface area contributed by atoms with E-state index in [0.717, 1.165) is 28.7 Å². The van der Waals surface area contributed by atoms with Gasteiger partial charge < -0.3 is 20.5 Å². The van der Waals surface area contributed by atoms with Gasteiger partial charge in [-0.3, -0.25) is 4.79 Å². The van der Waals surface area contributed by atoms with E-state index >= 15 is 0 Å². The molecule has 3 aliphatic carbocycles. The summed E-state index contributed by atoms with van der Waals surface area (Å²) >= 11 is 0. The van der Waals surface area contributed by atoms with Crippen molar-refractivity contribution in [2.75, 3.05) is 6.61 Å². The van der Waals surface area contributed by atoms with Crippen molar-refractivity contribution in [3.8, 4) is 11.1 Å². The Kier molecular flexibility index (Phi) is 5.12. The van der Waals surface area contributed by atoms with Gasteiger partial charge in [0.15, 0.2) is 0 Å². The quantitative estimate of drug-likeness (QED) is 0.646. The van der Waals surface area contributed by atoms with Crippen molar-refractivity contribution in [1.82, 2.24) is 10.6 Å². The molecule has 0 aliphatic heterocycles. The number of carbonyl (C=O) groups excluding carboxylic acids is 2. The largest absolute Gasteiger partial charge is 0.480 e.